The minimum absolute atomic E-state index is 0.0241. The van der Waals surface area contributed by atoms with Crippen LogP contribution in [0.25, 0.3) is 10.2 Å². The standard InChI is InChI=1S/C24H17FN2O5S/c1-2-31-15-9-10-16-18(12-15)33-24(26-16)27-20(13-5-7-14(25)8-6-13)19(22(29)23(27)30)21(28)17-4-3-11-32-17/h3-12,20,29H,2H2,1H3/t20-/m1/s1. The number of Topliss-reactive ketones (excluding diaryl/α,β-unsaturated/α-hetero) is 1. The summed E-state index contributed by atoms with van der Waals surface area (Å²) in [6.45, 7) is 2.38. The van der Waals surface area contributed by atoms with E-state index in [1.165, 1.54) is 58.9 Å². The number of benzene rings is 2. The lowest BCUT2D eigenvalue weighted by atomic mass is 9.95. The highest BCUT2D eigenvalue weighted by atomic mass is 32.1. The average Bonchev–Trinajstić information content (AvgIpc) is 3.53. The number of anilines is 1. The summed E-state index contributed by atoms with van der Waals surface area (Å²) in [4.78, 5) is 32.2. The first kappa shape index (κ1) is 20.9. The molecule has 1 atom stereocenters. The maximum atomic E-state index is 13.6. The van der Waals surface area contributed by atoms with Gasteiger partial charge in [0.05, 0.1) is 34.7 Å². The zero-order valence-corrected chi connectivity index (χ0v) is 18.1. The molecule has 0 aliphatic carbocycles. The highest BCUT2D eigenvalue weighted by Crippen LogP contribution is 2.44. The zero-order valence-electron chi connectivity index (χ0n) is 17.3. The summed E-state index contributed by atoms with van der Waals surface area (Å²) in [5.74, 6) is -1.93. The first-order chi connectivity index (χ1) is 16.0. The number of rotatable bonds is 6. The topological polar surface area (TPSA) is 92.9 Å². The molecule has 5 rings (SSSR count). The van der Waals surface area contributed by atoms with Crippen LogP contribution in [-0.2, 0) is 4.79 Å². The van der Waals surface area contributed by atoms with Crippen molar-refractivity contribution in [2.75, 3.05) is 11.5 Å². The third-order valence-corrected chi connectivity index (χ3v) is 6.27. The fraction of sp³-hybridized carbons (Fsp3) is 0.125. The van der Waals surface area contributed by atoms with Gasteiger partial charge in [0.1, 0.15) is 11.6 Å². The van der Waals surface area contributed by atoms with Crippen molar-refractivity contribution < 1.29 is 28.2 Å². The van der Waals surface area contributed by atoms with E-state index in [0.717, 1.165) is 4.70 Å². The van der Waals surface area contributed by atoms with Crippen LogP contribution in [0.15, 0.2) is 76.6 Å². The second-order valence-corrected chi connectivity index (χ2v) is 8.27. The molecule has 7 nitrogen and oxygen atoms in total. The third kappa shape index (κ3) is 3.56. The molecule has 1 aliphatic heterocycles. The summed E-state index contributed by atoms with van der Waals surface area (Å²) in [6, 6.07) is 12.7. The number of hydrogen-bond donors (Lipinski definition) is 1. The van der Waals surface area contributed by atoms with Crippen LogP contribution in [0, 0.1) is 5.82 Å². The largest absolute Gasteiger partial charge is 0.503 e. The number of aliphatic hydroxyl groups excluding tert-OH is 1. The number of fused-ring (bicyclic) bond motifs is 1. The molecule has 1 aliphatic rings. The molecular formula is C24H17FN2O5S. The lowest BCUT2D eigenvalue weighted by Gasteiger charge is -2.24. The van der Waals surface area contributed by atoms with Crippen LogP contribution < -0.4 is 9.64 Å². The van der Waals surface area contributed by atoms with Gasteiger partial charge in [0.2, 0.25) is 5.78 Å². The lowest BCUT2D eigenvalue weighted by Crippen LogP contribution is -2.30. The number of ketones is 1. The number of nitrogens with zero attached hydrogens (tertiary/aromatic N) is 2. The van der Waals surface area contributed by atoms with E-state index in [1.54, 1.807) is 12.1 Å². The summed E-state index contributed by atoms with van der Waals surface area (Å²) in [6.07, 6.45) is 1.33. The molecule has 0 radical (unpaired) electrons. The third-order valence-electron chi connectivity index (χ3n) is 5.25. The van der Waals surface area contributed by atoms with Crippen LogP contribution in [0.2, 0.25) is 0 Å². The van der Waals surface area contributed by atoms with Crippen LogP contribution in [0.3, 0.4) is 0 Å². The summed E-state index contributed by atoms with van der Waals surface area (Å²) < 4.78 is 25.1. The van der Waals surface area contributed by atoms with Crippen molar-refractivity contribution in [2.45, 2.75) is 13.0 Å². The number of halogens is 1. The predicted octanol–water partition coefficient (Wildman–Crippen LogP) is 5.21. The predicted molar refractivity (Wildman–Crippen MR) is 120 cm³/mol. The molecule has 33 heavy (non-hydrogen) atoms. The maximum Gasteiger partial charge on any atom is 0.296 e. The monoisotopic (exact) mass is 464 g/mol. The molecule has 3 heterocycles. The number of carbonyl (C=O) groups excluding carboxylic acids is 2. The lowest BCUT2D eigenvalue weighted by molar-refractivity contribution is -0.117. The van der Waals surface area contributed by atoms with Crippen LogP contribution in [0.5, 0.6) is 5.75 Å². The van der Waals surface area contributed by atoms with E-state index in [1.807, 2.05) is 13.0 Å². The number of ether oxygens (including phenoxy) is 1. The maximum absolute atomic E-state index is 13.6. The number of aromatic nitrogens is 1. The SMILES string of the molecule is CCOc1ccc2nc(N3C(=O)C(O)=C(C(=O)c4ccco4)[C@H]3c3ccc(F)cc3)sc2c1. The van der Waals surface area contributed by atoms with E-state index >= 15 is 0 Å². The van der Waals surface area contributed by atoms with Gasteiger partial charge in [-0.15, -0.1) is 0 Å². The normalized spacial score (nSPS) is 16.1. The van der Waals surface area contributed by atoms with Gasteiger partial charge in [-0.2, -0.15) is 0 Å². The molecule has 9 heteroatoms. The van der Waals surface area contributed by atoms with Gasteiger partial charge in [-0.05, 0) is 55.0 Å². The highest BCUT2D eigenvalue weighted by Gasteiger charge is 2.46. The molecule has 0 spiro atoms. The number of carbonyl (C=O) groups is 2. The quantitative estimate of drug-likeness (QED) is 0.394. The average molecular weight is 464 g/mol. The summed E-state index contributed by atoms with van der Waals surface area (Å²) in [5, 5.41) is 11.0. The van der Waals surface area contributed by atoms with Gasteiger partial charge in [0.15, 0.2) is 16.7 Å². The number of aliphatic hydroxyl groups is 1. The Kier molecular flexibility index (Phi) is 5.18. The molecule has 2 aromatic carbocycles. The Hall–Kier alpha value is -3.98. The van der Waals surface area contributed by atoms with Gasteiger partial charge < -0.3 is 14.3 Å². The first-order valence-electron chi connectivity index (χ1n) is 10.1. The second-order valence-electron chi connectivity index (χ2n) is 7.26. The van der Waals surface area contributed by atoms with Crippen molar-refractivity contribution in [3.05, 3.63) is 89.3 Å². The van der Waals surface area contributed by atoms with Crippen LogP contribution in [0.1, 0.15) is 29.1 Å². The van der Waals surface area contributed by atoms with E-state index in [9.17, 15) is 19.1 Å². The first-order valence-corrected chi connectivity index (χ1v) is 10.9. The van der Waals surface area contributed by atoms with Crippen molar-refractivity contribution in [1.82, 2.24) is 4.98 Å². The van der Waals surface area contributed by atoms with Crippen LogP contribution in [0.4, 0.5) is 9.52 Å². The number of hydrogen-bond acceptors (Lipinski definition) is 7. The second kappa shape index (κ2) is 8.18. The fourth-order valence-electron chi connectivity index (χ4n) is 3.79. The Morgan fingerprint density at radius 3 is 2.73 bits per heavy atom. The van der Waals surface area contributed by atoms with Gasteiger partial charge in [-0.3, -0.25) is 14.5 Å². The molecule has 0 unspecified atom stereocenters. The molecule has 0 fully saturated rings. The molecule has 0 bridgehead atoms. The van der Waals surface area contributed by atoms with Gasteiger partial charge in [-0.1, -0.05) is 23.5 Å². The number of furan rings is 1. The highest BCUT2D eigenvalue weighted by molar-refractivity contribution is 7.22. The minimum atomic E-state index is -1.01. The van der Waals surface area contributed by atoms with Crippen LogP contribution >= 0.6 is 11.3 Å². The molecule has 4 aromatic rings. The smallest absolute Gasteiger partial charge is 0.296 e. The molecule has 0 saturated carbocycles. The Morgan fingerprint density at radius 1 is 1.24 bits per heavy atom. The van der Waals surface area contributed by atoms with Crippen molar-refractivity contribution in [3.8, 4) is 5.75 Å². The molecule has 1 amide bonds. The Bertz CT molecular complexity index is 1390. The van der Waals surface area contributed by atoms with E-state index in [0.29, 0.717) is 23.4 Å². The summed E-state index contributed by atoms with van der Waals surface area (Å²) >= 11 is 1.22. The van der Waals surface area contributed by atoms with E-state index in [2.05, 4.69) is 4.98 Å². The minimum Gasteiger partial charge on any atom is -0.503 e. The Balaban J connectivity index is 1.64. The molecule has 0 saturated heterocycles. The van der Waals surface area contributed by atoms with Crippen molar-refractivity contribution in [1.29, 1.82) is 0 Å². The summed E-state index contributed by atoms with van der Waals surface area (Å²) in [7, 11) is 0. The van der Waals surface area contributed by atoms with Crippen molar-refractivity contribution in [3.63, 3.8) is 0 Å². The fourth-order valence-corrected chi connectivity index (χ4v) is 4.81. The van der Waals surface area contributed by atoms with E-state index in [4.69, 9.17) is 9.15 Å². The van der Waals surface area contributed by atoms with Gasteiger partial charge in [-0.25, -0.2) is 9.37 Å². The van der Waals surface area contributed by atoms with E-state index < -0.39 is 29.3 Å². The summed E-state index contributed by atoms with van der Waals surface area (Å²) in [5.41, 5.74) is 0.920. The van der Waals surface area contributed by atoms with Crippen LogP contribution in [-0.4, -0.2) is 28.4 Å². The molecule has 166 valence electrons. The number of amides is 1. The Labute approximate surface area is 191 Å². The van der Waals surface area contributed by atoms with Crippen molar-refractivity contribution >= 4 is 38.4 Å². The zero-order chi connectivity index (χ0) is 23.1. The van der Waals surface area contributed by atoms with Gasteiger partial charge in [0, 0.05) is 0 Å². The molecule has 1 N–H and O–H groups in total. The van der Waals surface area contributed by atoms with E-state index in [-0.39, 0.29) is 16.5 Å². The molecular weight excluding hydrogens is 447 g/mol. The number of thiazole rings is 1. The Morgan fingerprint density at radius 2 is 2.03 bits per heavy atom. The van der Waals surface area contributed by atoms with Gasteiger partial charge in [0.25, 0.3) is 5.91 Å². The van der Waals surface area contributed by atoms with Gasteiger partial charge >= 0.3 is 0 Å². The molecule has 2 aromatic heterocycles. The van der Waals surface area contributed by atoms with Crippen molar-refractivity contribution in [2.24, 2.45) is 0 Å².